The molecule has 0 saturated carbocycles. The van der Waals surface area contributed by atoms with Crippen LogP contribution < -0.4 is 23.8 Å². The van der Waals surface area contributed by atoms with Crippen molar-refractivity contribution >= 4 is 33.4 Å². The van der Waals surface area contributed by atoms with Gasteiger partial charge in [0, 0.05) is 18.3 Å². The van der Waals surface area contributed by atoms with Crippen LogP contribution in [0.15, 0.2) is 42.5 Å². The van der Waals surface area contributed by atoms with Gasteiger partial charge in [0.2, 0.25) is 21.7 Å². The van der Waals surface area contributed by atoms with E-state index in [1.807, 2.05) is 0 Å². The van der Waals surface area contributed by atoms with Crippen LogP contribution >= 0.6 is 0 Å². The van der Waals surface area contributed by atoms with E-state index >= 15 is 0 Å². The summed E-state index contributed by atoms with van der Waals surface area (Å²) in [7, 11) is -1.68. The molecule has 9 heteroatoms. The van der Waals surface area contributed by atoms with Crippen molar-refractivity contribution < 1.29 is 27.4 Å². The van der Waals surface area contributed by atoms with Gasteiger partial charge in [-0.25, -0.2) is 8.42 Å². The van der Waals surface area contributed by atoms with E-state index in [1.165, 1.54) is 10.4 Å². The predicted molar refractivity (Wildman–Crippen MR) is 114 cm³/mol. The molecule has 0 spiro atoms. The lowest BCUT2D eigenvalue weighted by Gasteiger charge is -2.20. The maximum atomic E-state index is 12.3. The fourth-order valence-corrected chi connectivity index (χ4v) is 4.95. The largest absolute Gasteiger partial charge is 0.493 e. The number of ether oxygens (including phenoxy) is 3. The van der Waals surface area contributed by atoms with Gasteiger partial charge >= 0.3 is 0 Å². The van der Waals surface area contributed by atoms with Gasteiger partial charge in [-0.2, -0.15) is 0 Å². The van der Waals surface area contributed by atoms with Crippen LogP contribution in [0.2, 0.25) is 0 Å². The molecule has 1 N–H and O–H groups in total. The number of hydrogen-bond acceptors (Lipinski definition) is 6. The molecule has 0 aliphatic carbocycles. The van der Waals surface area contributed by atoms with Crippen molar-refractivity contribution in [3.8, 4) is 17.2 Å². The number of methoxy groups -OCH3 is 1. The second-order valence-corrected chi connectivity index (χ2v) is 8.87. The van der Waals surface area contributed by atoms with E-state index in [-0.39, 0.29) is 11.7 Å². The number of nitrogens with one attached hydrogen (secondary N) is 1. The highest BCUT2D eigenvalue weighted by Gasteiger charge is 2.28. The van der Waals surface area contributed by atoms with Crippen molar-refractivity contribution in [2.45, 2.75) is 6.42 Å². The van der Waals surface area contributed by atoms with Gasteiger partial charge in [-0.3, -0.25) is 9.10 Å². The number of hydrogen-bond donors (Lipinski definition) is 1. The minimum absolute atomic E-state index is 0.168. The van der Waals surface area contributed by atoms with Crippen molar-refractivity contribution in [2.75, 3.05) is 42.2 Å². The number of fused-ring (bicyclic) bond motifs is 1. The van der Waals surface area contributed by atoms with Gasteiger partial charge in [-0.15, -0.1) is 0 Å². The van der Waals surface area contributed by atoms with Gasteiger partial charge in [-0.05, 0) is 54.5 Å². The molecule has 0 atom stereocenters. The van der Waals surface area contributed by atoms with Gasteiger partial charge in [0.05, 0.1) is 18.6 Å². The second kappa shape index (κ2) is 8.27. The van der Waals surface area contributed by atoms with Gasteiger partial charge < -0.3 is 19.5 Å². The van der Waals surface area contributed by atoms with Crippen molar-refractivity contribution in [2.24, 2.45) is 0 Å². The number of carbonyl (C=O) groups excluding carboxylic acids is 1. The van der Waals surface area contributed by atoms with Crippen LogP contribution in [-0.2, 0) is 14.8 Å². The molecule has 0 radical (unpaired) electrons. The summed E-state index contributed by atoms with van der Waals surface area (Å²) in [6.45, 7) is 1.40. The van der Waals surface area contributed by atoms with Gasteiger partial charge in [-0.1, -0.05) is 0 Å². The highest BCUT2D eigenvalue weighted by Crippen LogP contribution is 2.40. The molecular weight excluding hydrogens is 408 g/mol. The highest BCUT2D eigenvalue weighted by atomic mass is 32.2. The molecule has 0 unspecified atom stereocenters. The average Bonchev–Trinajstić information content (AvgIpc) is 3.11. The molecule has 30 heavy (non-hydrogen) atoms. The summed E-state index contributed by atoms with van der Waals surface area (Å²) in [5.74, 6) is 1.53. The van der Waals surface area contributed by atoms with Crippen LogP contribution in [-0.4, -0.2) is 46.9 Å². The summed E-state index contributed by atoms with van der Waals surface area (Å²) >= 11 is 0. The average molecular weight is 430 g/mol. The zero-order chi connectivity index (χ0) is 21.1. The first-order chi connectivity index (χ1) is 14.5. The molecule has 1 amide bonds. The Labute approximate surface area is 175 Å². The number of nitrogens with zero attached hydrogens (tertiary/aromatic N) is 1. The van der Waals surface area contributed by atoms with Crippen LogP contribution in [0, 0.1) is 0 Å². The molecule has 2 aliphatic rings. The Morgan fingerprint density at radius 3 is 2.63 bits per heavy atom. The van der Waals surface area contributed by atoms with E-state index in [2.05, 4.69) is 5.32 Å². The van der Waals surface area contributed by atoms with E-state index in [4.69, 9.17) is 14.2 Å². The first-order valence-corrected chi connectivity index (χ1v) is 11.1. The first kappa shape index (κ1) is 20.1. The Kier molecular flexibility index (Phi) is 5.54. The molecule has 0 bridgehead atoms. The molecule has 2 aliphatic heterocycles. The zero-order valence-corrected chi connectivity index (χ0v) is 17.3. The van der Waals surface area contributed by atoms with E-state index in [1.54, 1.807) is 49.6 Å². The molecule has 2 heterocycles. The standard InChI is InChI=1S/C21H22N2O6S/c1-27-18-13-15(14-19-21(18)29-11-10-28-19)3-8-20(24)22-16-4-6-17(7-5-16)23-9-2-12-30(23,25)26/h3-8,13-14H,2,9-12H2,1H3,(H,22,24)/b8-3+. The monoisotopic (exact) mass is 430 g/mol. The topological polar surface area (TPSA) is 94.2 Å². The maximum absolute atomic E-state index is 12.3. The van der Waals surface area contributed by atoms with Crippen molar-refractivity contribution in [3.05, 3.63) is 48.0 Å². The lowest BCUT2D eigenvalue weighted by Crippen LogP contribution is -2.24. The van der Waals surface area contributed by atoms with Crippen LogP contribution in [0.4, 0.5) is 11.4 Å². The Bertz CT molecular complexity index is 1060. The number of carbonyl (C=O) groups is 1. The summed E-state index contributed by atoms with van der Waals surface area (Å²) < 4.78 is 41.9. The number of benzene rings is 2. The van der Waals surface area contributed by atoms with E-state index < -0.39 is 10.0 Å². The van der Waals surface area contributed by atoms with Crippen molar-refractivity contribution in [1.82, 2.24) is 0 Å². The zero-order valence-electron chi connectivity index (χ0n) is 16.5. The van der Waals surface area contributed by atoms with E-state index in [9.17, 15) is 13.2 Å². The Morgan fingerprint density at radius 2 is 1.93 bits per heavy atom. The molecule has 0 aromatic heterocycles. The number of rotatable bonds is 5. The number of anilines is 2. The fraction of sp³-hybridized carbons (Fsp3) is 0.286. The van der Waals surface area contributed by atoms with Crippen molar-refractivity contribution in [1.29, 1.82) is 0 Å². The van der Waals surface area contributed by atoms with E-state index in [0.717, 1.165) is 5.56 Å². The van der Waals surface area contributed by atoms with Crippen LogP contribution in [0.5, 0.6) is 17.2 Å². The second-order valence-electron chi connectivity index (χ2n) is 6.86. The molecule has 1 saturated heterocycles. The van der Waals surface area contributed by atoms with E-state index in [0.29, 0.717) is 54.8 Å². The highest BCUT2D eigenvalue weighted by molar-refractivity contribution is 7.93. The summed E-state index contributed by atoms with van der Waals surface area (Å²) in [5, 5.41) is 2.76. The van der Waals surface area contributed by atoms with Gasteiger partial charge in [0.15, 0.2) is 11.5 Å². The van der Waals surface area contributed by atoms with Crippen molar-refractivity contribution in [3.63, 3.8) is 0 Å². The Hall–Kier alpha value is -3.20. The Morgan fingerprint density at radius 1 is 1.17 bits per heavy atom. The summed E-state index contributed by atoms with van der Waals surface area (Å²) in [6, 6.07) is 10.3. The normalized spacial score (nSPS) is 17.2. The summed E-state index contributed by atoms with van der Waals surface area (Å²) in [6.07, 6.45) is 3.68. The molecule has 2 aromatic rings. The molecular formula is C21H22N2O6S. The lowest BCUT2D eigenvalue weighted by atomic mass is 10.1. The molecule has 4 rings (SSSR count). The molecule has 2 aromatic carbocycles. The number of amides is 1. The lowest BCUT2D eigenvalue weighted by molar-refractivity contribution is -0.111. The minimum Gasteiger partial charge on any atom is -0.493 e. The molecule has 1 fully saturated rings. The SMILES string of the molecule is COc1cc(/C=C/C(=O)Nc2ccc(N3CCCS3(=O)=O)cc2)cc2c1OCCO2. The Balaban J connectivity index is 1.43. The van der Waals surface area contributed by atoms with Crippen LogP contribution in [0.25, 0.3) is 6.08 Å². The number of sulfonamides is 1. The predicted octanol–water partition coefficient (Wildman–Crippen LogP) is 2.66. The minimum atomic E-state index is -3.22. The van der Waals surface area contributed by atoms with Crippen LogP contribution in [0.3, 0.4) is 0 Å². The summed E-state index contributed by atoms with van der Waals surface area (Å²) in [5.41, 5.74) is 1.91. The summed E-state index contributed by atoms with van der Waals surface area (Å²) in [4.78, 5) is 12.3. The fourth-order valence-electron chi connectivity index (χ4n) is 3.39. The third kappa shape index (κ3) is 4.20. The quantitative estimate of drug-likeness (QED) is 0.733. The maximum Gasteiger partial charge on any atom is 0.248 e. The molecule has 8 nitrogen and oxygen atoms in total. The third-order valence-corrected chi connectivity index (χ3v) is 6.67. The van der Waals surface area contributed by atoms with Gasteiger partial charge in [0.1, 0.15) is 13.2 Å². The third-order valence-electron chi connectivity index (χ3n) is 4.80. The molecule has 158 valence electrons. The first-order valence-electron chi connectivity index (χ1n) is 9.53. The smallest absolute Gasteiger partial charge is 0.248 e. The van der Waals surface area contributed by atoms with Crippen LogP contribution in [0.1, 0.15) is 12.0 Å². The van der Waals surface area contributed by atoms with Gasteiger partial charge in [0.25, 0.3) is 0 Å².